The van der Waals surface area contributed by atoms with Crippen molar-refractivity contribution in [3.05, 3.63) is 78.2 Å². The number of benzene rings is 2. The van der Waals surface area contributed by atoms with E-state index >= 15 is 0 Å². The summed E-state index contributed by atoms with van der Waals surface area (Å²) in [7, 11) is -3.88. The molecule has 0 aliphatic carbocycles. The summed E-state index contributed by atoms with van der Waals surface area (Å²) >= 11 is 0. The molecule has 0 saturated carbocycles. The molecule has 1 heterocycles. The van der Waals surface area contributed by atoms with Crippen LogP contribution in [0.2, 0.25) is 0 Å². The molecule has 0 radical (unpaired) electrons. The summed E-state index contributed by atoms with van der Waals surface area (Å²) in [6.07, 6.45) is 1.38. The monoisotopic (exact) mass is 331 g/mol. The second-order valence-corrected chi connectivity index (χ2v) is 6.83. The second kappa shape index (κ2) is 5.98. The van der Waals surface area contributed by atoms with Gasteiger partial charge in [-0.15, -0.1) is 0 Å². The minimum Gasteiger partial charge on any atom is -0.392 e. The molecule has 0 aliphatic heterocycles. The van der Waals surface area contributed by atoms with Crippen molar-refractivity contribution >= 4 is 10.0 Å². The third kappa shape index (κ3) is 2.91. The first-order valence-electron chi connectivity index (χ1n) is 6.91. The summed E-state index contributed by atoms with van der Waals surface area (Å²) in [5, 5.41) is 9.34. The summed E-state index contributed by atoms with van der Waals surface area (Å²) in [4.78, 5) is -0.0174. The van der Waals surface area contributed by atoms with Crippen LogP contribution in [0.1, 0.15) is 5.56 Å². The lowest BCUT2D eigenvalue weighted by Gasteiger charge is -2.10. The maximum absolute atomic E-state index is 13.0. The molecular weight excluding hydrogens is 317 g/mol. The molecule has 118 valence electrons. The molecule has 0 unspecified atom stereocenters. The number of hydrogen-bond donors (Lipinski definition) is 1. The zero-order chi connectivity index (χ0) is 16.4. The SMILES string of the molecule is O=S(=O)(c1ccc(F)cc1)n1cc(CO)cc1-c1ccccc1. The van der Waals surface area contributed by atoms with Crippen LogP contribution in [-0.2, 0) is 16.6 Å². The highest BCUT2D eigenvalue weighted by molar-refractivity contribution is 7.90. The van der Waals surface area contributed by atoms with Gasteiger partial charge < -0.3 is 5.11 Å². The number of hydrogen-bond acceptors (Lipinski definition) is 3. The highest BCUT2D eigenvalue weighted by Crippen LogP contribution is 2.27. The minimum absolute atomic E-state index is 0.0174. The Bertz CT molecular complexity index is 916. The van der Waals surface area contributed by atoms with Crippen LogP contribution < -0.4 is 0 Å². The van der Waals surface area contributed by atoms with Crippen molar-refractivity contribution in [2.75, 3.05) is 0 Å². The number of aliphatic hydroxyl groups is 1. The summed E-state index contributed by atoms with van der Waals surface area (Å²) in [6, 6.07) is 15.3. The molecule has 4 nitrogen and oxygen atoms in total. The Morgan fingerprint density at radius 3 is 2.26 bits per heavy atom. The first kappa shape index (κ1) is 15.5. The van der Waals surface area contributed by atoms with Crippen LogP contribution in [0.25, 0.3) is 11.3 Å². The molecule has 0 saturated heterocycles. The maximum atomic E-state index is 13.0. The van der Waals surface area contributed by atoms with E-state index in [-0.39, 0.29) is 11.5 Å². The van der Waals surface area contributed by atoms with Crippen LogP contribution in [-0.4, -0.2) is 17.5 Å². The van der Waals surface area contributed by atoms with Gasteiger partial charge in [-0.3, -0.25) is 0 Å². The Labute approximate surface area is 133 Å². The molecule has 0 atom stereocenters. The lowest BCUT2D eigenvalue weighted by Crippen LogP contribution is -2.13. The predicted molar refractivity (Wildman–Crippen MR) is 84.8 cm³/mol. The second-order valence-electron chi connectivity index (χ2n) is 5.01. The summed E-state index contributed by atoms with van der Waals surface area (Å²) in [5.41, 5.74) is 1.63. The number of aliphatic hydroxyl groups excluding tert-OH is 1. The Kier molecular flexibility index (Phi) is 4.02. The van der Waals surface area contributed by atoms with Gasteiger partial charge in [-0.1, -0.05) is 30.3 Å². The van der Waals surface area contributed by atoms with E-state index in [0.29, 0.717) is 16.8 Å². The molecule has 6 heteroatoms. The van der Waals surface area contributed by atoms with Crippen LogP contribution in [0.4, 0.5) is 4.39 Å². The Morgan fingerprint density at radius 2 is 1.65 bits per heavy atom. The van der Waals surface area contributed by atoms with Gasteiger partial charge in [0.1, 0.15) is 5.82 Å². The van der Waals surface area contributed by atoms with Gasteiger partial charge in [0.2, 0.25) is 0 Å². The fraction of sp³-hybridized carbons (Fsp3) is 0.0588. The molecule has 2 aromatic carbocycles. The average Bonchev–Trinajstić information content (AvgIpc) is 3.01. The van der Waals surface area contributed by atoms with E-state index in [2.05, 4.69) is 0 Å². The van der Waals surface area contributed by atoms with Gasteiger partial charge in [0.05, 0.1) is 17.2 Å². The van der Waals surface area contributed by atoms with Crippen molar-refractivity contribution in [2.45, 2.75) is 11.5 Å². The summed E-state index contributed by atoms with van der Waals surface area (Å²) < 4.78 is 39.8. The van der Waals surface area contributed by atoms with Crippen LogP contribution in [0.3, 0.4) is 0 Å². The first-order chi connectivity index (χ1) is 11.0. The highest BCUT2D eigenvalue weighted by Gasteiger charge is 2.21. The van der Waals surface area contributed by atoms with E-state index < -0.39 is 15.8 Å². The molecule has 3 rings (SSSR count). The van der Waals surface area contributed by atoms with Gasteiger partial charge in [0.25, 0.3) is 10.0 Å². The van der Waals surface area contributed by atoms with Gasteiger partial charge in [-0.2, -0.15) is 0 Å². The topological polar surface area (TPSA) is 59.3 Å². The van der Waals surface area contributed by atoms with Crippen molar-refractivity contribution < 1.29 is 17.9 Å². The van der Waals surface area contributed by atoms with Gasteiger partial charge in [-0.05, 0) is 41.5 Å². The van der Waals surface area contributed by atoms with E-state index in [1.165, 1.54) is 18.3 Å². The van der Waals surface area contributed by atoms with Crippen molar-refractivity contribution in [2.24, 2.45) is 0 Å². The van der Waals surface area contributed by atoms with Crippen LogP contribution in [0, 0.1) is 5.82 Å². The molecule has 0 fully saturated rings. The molecule has 0 bridgehead atoms. The number of rotatable bonds is 4. The van der Waals surface area contributed by atoms with Crippen LogP contribution >= 0.6 is 0 Å². The Balaban J connectivity index is 2.19. The molecular formula is C17H14FNO3S. The van der Waals surface area contributed by atoms with E-state index in [9.17, 15) is 17.9 Å². The fourth-order valence-corrected chi connectivity index (χ4v) is 3.72. The maximum Gasteiger partial charge on any atom is 0.268 e. The molecule has 23 heavy (non-hydrogen) atoms. The highest BCUT2D eigenvalue weighted by atomic mass is 32.2. The fourth-order valence-electron chi connectivity index (χ4n) is 2.32. The predicted octanol–water partition coefficient (Wildman–Crippen LogP) is 3.02. The molecule has 0 amide bonds. The normalized spacial score (nSPS) is 11.6. The zero-order valence-corrected chi connectivity index (χ0v) is 12.9. The van der Waals surface area contributed by atoms with Crippen molar-refractivity contribution in [3.63, 3.8) is 0 Å². The van der Waals surface area contributed by atoms with Crippen LogP contribution in [0.15, 0.2) is 71.8 Å². The number of aromatic nitrogens is 1. The molecule has 0 aliphatic rings. The first-order valence-corrected chi connectivity index (χ1v) is 8.35. The van der Waals surface area contributed by atoms with Crippen molar-refractivity contribution in [1.29, 1.82) is 0 Å². The van der Waals surface area contributed by atoms with Gasteiger partial charge in [0.15, 0.2) is 0 Å². The molecule has 3 aromatic rings. The van der Waals surface area contributed by atoms with Crippen molar-refractivity contribution in [1.82, 2.24) is 3.97 Å². The number of halogens is 1. The Hall–Kier alpha value is -2.44. The minimum atomic E-state index is -3.88. The lowest BCUT2D eigenvalue weighted by molar-refractivity contribution is 0.282. The van der Waals surface area contributed by atoms with Crippen molar-refractivity contribution in [3.8, 4) is 11.3 Å². The van der Waals surface area contributed by atoms with Gasteiger partial charge >= 0.3 is 0 Å². The Morgan fingerprint density at radius 1 is 1.00 bits per heavy atom. The quantitative estimate of drug-likeness (QED) is 0.799. The summed E-state index contributed by atoms with van der Waals surface area (Å²) in [5.74, 6) is -0.504. The largest absolute Gasteiger partial charge is 0.392 e. The lowest BCUT2D eigenvalue weighted by atomic mass is 10.1. The van der Waals surface area contributed by atoms with E-state index in [1.807, 2.05) is 6.07 Å². The molecule has 1 N–H and O–H groups in total. The zero-order valence-electron chi connectivity index (χ0n) is 12.1. The average molecular weight is 331 g/mol. The standard InChI is InChI=1S/C17H14FNO3S/c18-15-6-8-16(9-7-15)23(21,22)19-11-13(12-20)10-17(19)14-4-2-1-3-5-14/h1-11,20H,12H2. The van der Waals surface area contributed by atoms with E-state index in [4.69, 9.17) is 0 Å². The smallest absolute Gasteiger partial charge is 0.268 e. The van der Waals surface area contributed by atoms with E-state index in [1.54, 1.807) is 30.3 Å². The van der Waals surface area contributed by atoms with Gasteiger partial charge in [-0.25, -0.2) is 16.8 Å². The van der Waals surface area contributed by atoms with Crippen LogP contribution in [0.5, 0.6) is 0 Å². The van der Waals surface area contributed by atoms with Gasteiger partial charge in [0, 0.05) is 6.20 Å². The third-order valence-electron chi connectivity index (χ3n) is 3.47. The molecule has 0 spiro atoms. The van der Waals surface area contributed by atoms with E-state index in [0.717, 1.165) is 16.1 Å². The number of nitrogens with zero attached hydrogens (tertiary/aromatic N) is 1. The third-order valence-corrected chi connectivity index (χ3v) is 5.15. The molecule has 1 aromatic heterocycles. The summed E-state index contributed by atoms with van der Waals surface area (Å²) in [6.45, 7) is -0.272.